The van der Waals surface area contributed by atoms with E-state index < -0.39 is 160 Å². The summed E-state index contributed by atoms with van der Waals surface area (Å²) < 4.78 is 61.1. The molecule has 31 atom stereocenters. The van der Waals surface area contributed by atoms with Crippen molar-refractivity contribution in [2.24, 2.45) is 52.3 Å². The molecule has 0 bridgehead atoms. The number of Topliss-reactive ketones (excluding diaryl/α,β-unsaturated/α-hetero) is 1. The van der Waals surface area contributed by atoms with Gasteiger partial charge in [-0.25, -0.2) is 0 Å². The zero-order valence-corrected chi connectivity index (χ0v) is 41.9. The van der Waals surface area contributed by atoms with Gasteiger partial charge in [-0.2, -0.15) is 0 Å². The van der Waals surface area contributed by atoms with E-state index >= 15 is 0 Å². The van der Waals surface area contributed by atoms with Crippen molar-refractivity contribution < 1.29 is 113 Å². The molecule has 4 saturated carbocycles. The van der Waals surface area contributed by atoms with E-state index in [2.05, 4.69) is 27.7 Å². The number of fused-ring (bicyclic) bond motifs is 7. The van der Waals surface area contributed by atoms with Gasteiger partial charge < -0.3 is 109 Å². The van der Waals surface area contributed by atoms with Crippen LogP contribution in [0.2, 0.25) is 0 Å². The fraction of sp³-hybridized carbons (Fsp3) is 0.980. The standard InChI is InChI=1S/C50H80O23/c1-19-7-10-50(65-17-19)20(2)32-27(73-50)12-25-23-6-5-21-11-22(8-9-48(21,3)24(23)13-31(55)49(25,32)4)66-45-40(63)37(60)41(30(16-53)69-45)70-47-43(72-46-39(62)36(59)34(57)28(14-51)67-46)42(35(58)29(15-52)68-47)71-44-38(61)33(56)26(54)18-64-44/h19-30,32-47,51-54,56-63H,5-18H2,1-4H3/t19-,20+,21+,22+,23-,24+,25+,26-,27+,28-,29-,30-,32+,33+,34+,35-,36+,37-,38-,39-,40?,41+,42+,43-,44+,45-,46+,47+,48+,49-,50-/m1/s1. The summed E-state index contributed by atoms with van der Waals surface area (Å²) >= 11 is 0. The third-order valence-corrected chi connectivity index (χ3v) is 19.9. The Balaban J connectivity index is 0.820. The number of rotatable bonds is 11. The molecule has 0 aromatic heterocycles. The van der Waals surface area contributed by atoms with E-state index in [1.165, 1.54) is 0 Å². The van der Waals surface area contributed by atoms with Gasteiger partial charge in [0.15, 0.2) is 30.9 Å². The van der Waals surface area contributed by atoms with Crippen molar-refractivity contribution in [1.29, 1.82) is 0 Å². The minimum Gasteiger partial charge on any atom is -0.394 e. The van der Waals surface area contributed by atoms with Gasteiger partial charge in [-0.05, 0) is 80.0 Å². The highest BCUT2D eigenvalue weighted by Gasteiger charge is 2.72. The van der Waals surface area contributed by atoms with E-state index in [9.17, 15) is 66.1 Å². The highest BCUT2D eigenvalue weighted by Crippen LogP contribution is 2.70. The Morgan fingerprint density at radius 1 is 0.589 bits per heavy atom. The topological polar surface area (TPSA) is 352 Å². The van der Waals surface area contributed by atoms with Gasteiger partial charge in [0.1, 0.15) is 97.3 Å². The highest BCUT2D eigenvalue weighted by atomic mass is 16.8. The van der Waals surface area contributed by atoms with E-state index in [0.717, 1.165) is 38.5 Å². The Hall–Kier alpha value is -1.21. The lowest BCUT2D eigenvalue weighted by Crippen LogP contribution is -2.68. The van der Waals surface area contributed by atoms with E-state index in [1.807, 2.05) is 0 Å². The molecule has 6 heterocycles. The van der Waals surface area contributed by atoms with Gasteiger partial charge >= 0.3 is 0 Å². The van der Waals surface area contributed by atoms with Crippen LogP contribution in [-0.2, 0) is 52.2 Å². The summed E-state index contributed by atoms with van der Waals surface area (Å²) in [5.41, 5.74) is -0.628. The number of hydrogen-bond donors (Lipinski definition) is 12. The first-order valence-electron chi connectivity index (χ1n) is 26.7. The van der Waals surface area contributed by atoms with Crippen LogP contribution in [0.15, 0.2) is 0 Å². The molecule has 23 nitrogen and oxygen atoms in total. The smallest absolute Gasteiger partial charge is 0.187 e. The molecule has 4 aliphatic carbocycles. The molecule has 10 rings (SSSR count). The Morgan fingerprint density at radius 2 is 1.22 bits per heavy atom. The van der Waals surface area contributed by atoms with Crippen LogP contribution in [0.3, 0.4) is 0 Å². The molecule has 1 unspecified atom stereocenters. The summed E-state index contributed by atoms with van der Waals surface area (Å²) in [6, 6.07) is 0. The molecule has 0 radical (unpaired) electrons. The predicted molar refractivity (Wildman–Crippen MR) is 243 cm³/mol. The second kappa shape index (κ2) is 21.1. The van der Waals surface area contributed by atoms with Crippen LogP contribution in [0, 0.1) is 52.3 Å². The first-order chi connectivity index (χ1) is 34.7. The molecule has 6 saturated heterocycles. The van der Waals surface area contributed by atoms with Crippen LogP contribution in [0.1, 0.15) is 85.5 Å². The Labute approximate surface area is 423 Å². The molecule has 6 aliphatic heterocycles. The molecule has 418 valence electrons. The molecule has 73 heavy (non-hydrogen) atoms. The van der Waals surface area contributed by atoms with E-state index in [0.29, 0.717) is 43.5 Å². The predicted octanol–water partition coefficient (Wildman–Crippen LogP) is -3.09. The maximum Gasteiger partial charge on any atom is 0.187 e. The van der Waals surface area contributed by atoms with Crippen molar-refractivity contribution in [1.82, 2.24) is 0 Å². The van der Waals surface area contributed by atoms with Crippen molar-refractivity contribution in [3.05, 3.63) is 0 Å². The summed E-state index contributed by atoms with van der Waals surface area (Å²) in [4.78, 5) is 14.7. The number of aliphatic hydroxyl groups is 12. The molecule has 10 aliphatic rings. The molecule has 0 amide bonds. The zero-order valence-electron chi connectivity index (χ0n) is 41.9. The summed E-state index contributed by atoms with van der Waals surface area (Å²) in [5, 5.41) is 129. The number of aliphatic hydroxyl groups excluding tert-OH is 12. The highest BCUT2D eigenvalue weighted by molar-refractivity contribution is 5.87. The lowest BCUT2D eigenvalue weighted by molar-refractivity contribution is -0.404. The van der Waals surface area contributed by atoms with Crippen molar-refractivity contribution >= 4 is 5.78 Å². The Kier molecular flexibility index (Phi) is 15.9. The summed E-state index contributed by atoms with van der Waals surface area (Å²) in [6.45, 7) is 6.58. The van der Waals surface area contributed by atoms with Crippen LogP contribution < -0.4 is 0 Å². The molecule has 1 spiro atoms. The largest absolute Gasteiger partial charge is 0.394 e. The molecule has 0 aromatic carbocycles. The molecule has 12 N–H and O–H groups in total. The lowest BCUT2D eigenvalue weighted by Gasteiger charge is -2.60. The average Bonchev–Trinajstić information content (AvgIpc) is 3.83. The van der Waals surface area contributed by atoms with Crippen molar-refractivity contribution in [3.8, 4) is 0 Å². The quantitative estimate of drug-likeness (QED) is 0.0913. The number of ether oxygens (including phenoxy) is 10. The second-order valence-electron chi connectivity index (χ2n) is 23.7. The van der Waals surface area contributed by atoms with Gasteiger partial charge in [-0.3, -0.25) is 4.79 Å². The second-order valence-corrected chi connectivity index (χ2v) is 23.7. The molecular formula is C50H80O23. The van der Waals surface area contributed by atoms with E-state index in [-0.39, 0.29) is 41.1 Å². The number of carbonyl (C=O) groups is 1. The van der Waals surface area contributed by atoms with E-state index in [4.69, 9.17) is 47.4 Å². The first-order valence-corrected chi connectivity index (χ1v) is 26.7. The summed E-state index contributed by atoms with van der Waals surface area (Å²) in [7, 11) is 0. The number of ketones is 1. The minimum atomic E-state index is -2.01. The average molecular weight is 1050 g/mol. The van der Waals surface area contributed by atoms with Crippen molar-refractivity contribution in [2.45, 2.75) is 220 Å². The van der Waals surface area contributed by atoms with Gasteiger partial charge in [0, 0.05) is 30.1 Å². The van der Waals surface area contributed by atoms with Gasteiger partial charge in [0.2, 0.25) is 0 Å². The van der Waals surface area contributed by atoms with Crippen LogP contribution in [-0.4, -0.2) is 235 Å². The normalized spacial score (nSPS) is 57.2. The SMILES string of the molecule is C[C@@H]1CC[C@@]2(OC1)O[C@H]1C[C@H]3[C@@H]4CC[C@H]5C[C@@H](O[C@@H]6O[C@H](CO)[C@H](O[C@@H]7O[C@H](CO)[C@@H](O)[C@H](O[C@@H]8OC[C@@H](O)[C@H](O)[C@H]8O)[C@H]7O[C@@H]7O[C@H](CO)[C@H](O)[C@H](O)[C@H]7O)[C@H](O)C6O)CC[C@]5(C)[C@H]4CC(=O)[C@]3(C)[C@H]1[C@@H]2C. The van der Waals surface area contributed by atoms with Crippen LogP contribution in [0.25, 0.3) is 0 Å². The number of carbonyl (C=O) groups excluding carboxylic acids is 1. The monoisotopic (exact) mass is 1050 g/mol. The van der Waals surface area contributed by atoms with Crippen LogP contribution in [0.4, 0.5) is 0 Å². The maximum absolute atomic E-state index is 14.7. The van der Waals surface area contributed by atoms with Crippen molar-refractivity contribution in [3.63, 3.8) is 0 Å². The summed E-state index contributed by atoms with van der Waals surface area (Å²) in [5.74, 6) is 1.40. The van der Waals surface area contributed by atoms with Crippen molar-refractivity contribution in [2.75, 3.05) is 33.0 Å². The van der Waals surface area contributed by atoms with E-state index in [1.54, 1.807) is 0 Å². The maximum atomic E-state index is 14.7. The molecule has 23 heteroatoms. The zero-order chi connectivity index (χ0) is 52.2. The summed E-state index contributed by atoms with van der Waals surface area (Å²) in [6.07, 6.45) is -26.6. The number of hydrogen-bond acceptors (Lipinski definition) is 23. The molecule has 10 fully saturated rings. The van der Waals surface area contributed by atoms with Gasteiger partial charge in [-0.1, -0.05) is 27.7 Å². The van der Waals surface area contributed by atoms with Crippen LogP contribution >= 0.6 is 0 Å². The van der Waals surface area contributed by atoms with Gasteiger partial charge in [0.25, 0.3) is 0 Å². The molecular weight excluding hydrogens is 969 g/mol. The fourth-order valence-corrected chi connectivity index (χ4v) is 15.6. The Morgan fingerprint density at radius 3 is 1.92 bits per heavy atom. The third-order valence-electron chi connectivity index (χ3n) is 19.9. The minimum absolute atomic E-state index is 0.0117. The van der Waals surface area contributed by atoms with Gasteiger partial charge in [0.05, 0.1) is 45.2 Å². The van der Waals surface area contributed by atoms with Gasteiger partial charge in [-0.15, -0.1) is 0 Å². The van der Waals surface area contributed by atoms with Crippen LogP contribution in [0.5, 0.6) is 0 Å². The fourth-order valence-electron chi connectivity index (χ4n) is 15.6. The third kappa shape index (κ3) is 9.30. The first kappa shape index (κ1) is 55.1. The molecule has 0 aromatic rings. The lowest BCUT2D eigenvalue weighted by atomic mass is 9.44. The Bertz CT molecular complexity index is 1910.